The topological polar surface area (TPSA) is 24.1 Å². The third kappa shape index (κ3) is 0.959. The second-order valence-electron chi connectivity index (χ2n) is 1.04. The summed E-state index contributed by atoms with van der Waals surface area (Å²) in [6.45, 7) is 0. The minimum absolute atomic E-state index is 0.948. The monoisotopic (exact) mass is 102 g/mol. The molecule has 0 amide bonds. The molecule has 1 unspecified atom stereocenters. The predicted molar refractivity (Wildman–Crippen MR) is 28.6 cm³/mol. The Morgan fingerprint density at radius 2 is 2.67 bits per heavy atom. The van der Waals surface area contributed by atoms with Gasteiger partial charge in [0.25, 0.3) is 0 Å². The first-order chi connectivity index (χ1) is 3.00. The number of hydrogen-bond acceptors (Lipinski definition) is 2. The first-order valence-corrected chi connectivity index (χ1v) is 3.15. The summed E-state index contributed by atoms with van der Waals surface area (Å²) in [6.07, 6.45) is 3.00. The van der Waals surface area contributed by atoms with Crippen LogP contribution in [0.15, 0.2) is 12.0 Å². The zero-order valence-electron chi connectivity index (χ0n) is 3.36. The van der Waals surface area contributed by atoms with Crippen molar-refractivity contribution in [2.75, 3.05) is 6.29 Å². The first kappa shape index (κ1) is 4.10. The molecule has 1 atom stereocenters. The van der Waals surface area contributed by atoms with Gasteiger partial charge in [-0.25, -0.2) is 5.43 Å². The molecule has 1 rings (SSSR count). The lowest BCUT2D eigenvalue weighted by atomic mass is 11.0. The van der Waals surface area contributed by atoms with Crippen molar-refractivity contribution in [1.82, 2.24) is 10.9 Å². The van der Waals surface area contributed by atoms with E-state index in [4.69, 9.17) is 0 Å². The molecule has 1 aliphatic heterocycles. The van der Waals surface area contributed by atoms with Gasteiger partial charge in [-0.3, -0.25) is 0 Å². The number of nitrogens with one attached hydrogen (secondary N) is 2. The smallest absolute Gasteiger partial charge is 0.0355 e. The number of rotatable bonds is 0. The molecule has 2 nitrogen and oxygen atoms in total. The van der Waals surface area contributed by atoms with Crippen LogP contribution < -0.4 is 10.9 Å². The Bertz CT molecular complexity index is 53.8. The molecule has 0 fully saturated rings. The van der Waals surface area contributed by atoms with E-state index in [-0.39, 0.29) is 0 Å². The van der Waals surface area contributed by atoms with Crippen molar-refractivity contribution in [2.24, 2.45) is 0 Å². The molecule has 0 spiro atoms. The highest BCUT2D eigenvalue weighted by Crippen LogP contribution is 2.08. The van der Waals surface area contributed by atoms with Crippen molar-refractivity contribution in [1.29, 1.82) is 0 Å². The van der Waals surface area contributed by atoms with E-state index in [1.54, 1.807) is 0 Å². The molecule has 2 N–H and O–H groups in total. The zero-order valence-corrected chi connectivity index (χ0v) is 4.36. The fourth-order valence-electron chi connectivity index (χ4n) is 0.321. The summed E-state index contributed by atoms with van der Waals surface area (Å²) < 4.78 is 0. The zero-order chi connectivity index (χ0) is 4.24. The van der Waals surface area contributed by atoms with Gasteiger partial charge >= 0.3 is 0 Å². The molecule has 0 saturated heterocycles. The van der Waals surface area contributed by atoms with E-state index >= 15 is 0 Å². The molecule has 0 aromatic heterocycles. The van der Waals surface area contributed by atoms with Crippen LogP contribution in [-0.4, -0.2) is 6.29 Å². The van der Waals surface area contributed by atoms with Crippen LogP contribution in [0.25, 0.3) is 0 Å². The highest BCUT2D eigenvalue weighted by Gasteiger charge is 1.82. The van der Waals surface area contributed by atoms with Crippen LogP contribution in [0.1, 0.15) is 0 Å². The molecule has 0 aromatic carbocycles. The molecule has 1 heterocycles. The number of hydrogen-bond donors (Lipinski definition) is 2. The SMILES string of the molecule is C1=CPCNN1. The Morgan fingerprint density at radius 3 is 2.83 bits per heavy atom. The minimum Gasteiger partial charge on any atom is -0.328 e. The Balaban J connectivity index is 2.26. The number of hydrazine groups is 1. The van der Waals surface area contributed by atoms with E-state index in [1.165, 1.54) is 0 Å². The summed E-state index contributed by atoms with van der Waals surface area (Å²) in [5.74, 6) is 2.12. The van der Waals surface area contributed by atoms with Gasteiger partial charge in [-0.1, -0.05) is 8.58 Å². The summed E-state index contributed by atoms with van der Waals surface area (Å²) in [7, 11) is 0.948. The van der Waals surface area contributed by atoms with Crippen LogP contribution in [0, 0.1) is 0 Å². The van der Waals surface area contributed by atoms with E-state index in [9.17, 15) is 0 Å². The van der Waals surface area contributed by atoms with E-state index in [0.29, 0.717) is 0 Å². The lowest BCUT2D eigenvalue weighted by Gasteiger charge is -2.05. The molecule has 3 heteroatoms. The average molecular weight is 102 g/mol. The molecule has 0 aliphatic carbocycles. The van der Waals surface area contributed by atoms with Crippen molar-refractivity contribution in [3.8, 4) is 0 Å². The van der Waals surface area contributed by atoms with Crippen molar-refractivity contribution in [3.05, 3.63) is 12.0 Å². The first-order valence-electron chi connectivity index (χ1n) is 1.87. The van der Waals surface area contributed by atoms with Gasteiger partial charge in [-0.15, -0.1) is 0 Å². The maximum absolute atomic E-state index is 2.96. The van der Waals surface area contributed by atoms with E-state index in [0.717, 1.165) is 14.9 Å². The van der Waals surface area contributed by atoms with E-state index < -0.39 is 0 Å². The fraction of sp³-hybridized carbons (Fsp3) is 0.333. The largest absolute Gasteiger partial charge is 0.328 e. The van der Waals surface area contributed by atoms with Gasteiger partial charge in [0.15, 0.2) is 0 Å². The fourth-order valence-corrected chi connectivity index (χ4v) is 0.844. The third-order valence-electron chi connectivity index (χ3n) is 0.577. The van der Waals surface area contributed by atoms with Gasteiger partial charge in [0, 0.05) is 12.5 Å². The summed E-state index contributed by atoms with van der Waals surface area (Å²) in [6, 6.07) is 0. The molecule has 0 aromatic rings. The quantitative estimate of drug-likeness (QED) is 0.427. The molecule has 0 bridgehead atoms. The standard InChI is InChI=1S/C3H7N2P/c1-2-6-3-5-4-1/h1-2,4-6H,3H2. The van der Waals surface area contributed by atoms with Crippen LogP contribution >= 0.6 is 8.58 Å². The van der Waals surface area contributed by atoms with Crippen molar-refractivity contribution in [3.63, 3.8) is 0 Å². The summed E-state index contributed by atoms with van der Waals surface area (Å²) in [5, 5.41) is 0. The minimum atomic E-state index is 0.948. The predicted octanol–water partition coefficient (Wildman–Crippen LogP) is 0.201. The summed E-state index contributed by atoms with van der Waals surface area (Å²) in [4.78, 5) is 0. The summed E-state index contributed by atoms with van der Waals surface area (Å²) in [5.41, 5.74) is 5.82. The third-order valence-corrected chi connectivity index (χ3v) is 1.36. The van der Waals surface area contributed by atoms with Gasteiger partial charge in [-0.05, 0) is 5.82 Å². The van der Waals surface area contributed by atoms with Gasteiger partial charge in [0.1, 0.15) is 0 Å². The maximum Gasteiger partial charge on any atom is 0.0355 e. The molecule has 0 radical (unpaired) electrons. The lowest BCUT2D eigenvalue weighted by molar-refractivity contribution is 0.705. The van der Waals surface area contributed by atoms with Gasteiger partial charge in [0.05, 0.1) is 0 Å². The Hall–Kier alpha value is -0.0700. The van der Waals surface area contributed by atoms with Crippen LogP contribution in [-0.2, 0) is 0 Å². The van der Waals surface area contributed by atoms with Crippen LogP contribution in [0.2, 0.25) is 0 Å². The van der Waals surface area contributed by atoms with Crippen LogP contribution in [0.3, 0.4) is 0 Å². The second-order valence-corrected chi connectivity index (χ2v) is 2.13. The van der Waals surface area contributed by atoms with Crippen molar-refractivity contribution in [2.45, 2.75) is 0 Å². The maximum atomic E-state index is 2.96. The highest BCUT2D eigenvalue weighted by molar-refractivity contribution is 7.41. The molecule has 1 aliphatic rings. The summed E-state index contributed by atoms with van der Waals surface area (Å²) >= 11 is 0. The van der Waals surface area contributed by atoms with E-state index in [2.05, 4.69) is 16.7 Å². The average Bonchev–Trinajstić information content (AvgIpc) is 1.72. The van der Waals surface area contributed by atoms with E-state index in [1.807, 2.05) is 6.20 Å². The Labute approximate surface area is 38.8 Å². The normalized spacial score (nSPS) is 24.0. The molecular weight excluding hydrogens is 95.0 g/mol. The molecule has 0 saturated carbocycles. The molecule has 6 heavy (non-hydrogen) atoms. The Kier molecular flexibility index (Phi) is 1.48. The Morgan fingerprint density at radius 1 is 1.67 bits per heavy atom. The van der Waals surface area contributed by atoms with Gasteiger partial charge in [0.2, 0.25) is 0 Å². The second kappa shape index (κ2) is 2.17. The highest BCUT2D eigenvalue weighted by atomic mass is 31.1. The van der Waals surface area contributed by atoms with Crippen LogP contribution in [0.5, 0.6) is 0 Å². The van der Waals surface area contributed by atoms with Crippen molar-refractivity contribution >= 4 is 8.58 Å². The van der Waals surface area contributed by atoms with Crippen LogP contribution in [0.4, 0.5) is 0 Å². The van der Waals surface area contributed by atoms with Gasteiger partial charge < -0.3 is 5.43 Å². The lowest BCUT2D eigenvalue weighted by Crippen LogP contribution is -2.27. The van der Waals surface area contributed by atoms with Gasteiger partial charge in [-0.2, -0.15) is 0 Å². The van der Waals surface area contributed by atoms with Crippen molar-refractivity contribution < 1.29 is 0 Å². The molecule has 34 valence electrons. The molecular formula is C3H7N2P.